The molecule has 158 valence electrons. The Morgan fingerprint density at radius 1 is 0.964 bits per heavy atom. The maximum Gasteiger partial charge on any atom is 0.308 e. The SMILES string of the molecule is CC1CC2OC2CC1COC(=O)C(CCCC(=O)O)CC1CC2OC2CC1C. The van der Waals surface area contributed by atoms with Crippen LogP contribution in [0.5, 0.6) is 0 Å². The summed E-state index contributed by atoms with van der Waals surface area (Å²) in [5.41, 5.74) is 0. The topological polar surface area (TPSA) is 88.7 Å². The van der Waals surface area contributed by atoms with Crippen LogP contribution >= 0.6 is 0 Å². The number of hydrogen-bond donors (Lipinski definition) is 1. The minimum atomic E-state index is -0.803. The van der Waals surface area contributed by atoms with E-state index in [1.807, 2.05) is 0 Å². The predicted octanol–water partition coefficient (Wildman–Crippen LogP) is 3.42. The van der Waals surface area contributed by atoms with Gasteiger partial charge < -0.3 is 19.3 Å². The van der Waals surface area contributed by atoms with Crippen molar-refractivity contribution in [1.82, 2.24) is 0 Å². The lowest BCUT2D eigenvalue weighted by Gasteiger charge is -2.30. The zero-order valence-electron chi connectivity index (χ0n) is 17.0. The monoisotopic (exact) mass is 394 g/mol. The summed E-state index contributed by atoms with van der Waals surface area (Å²) < 4.78 is 17.1. The van der Waals surface area contributed by atoms with Crippen molar-refractivity contribution in [1.29, 1.82) is 0 Å². The molecule has 6 nitrogen and oxygen atoms in total. The Bertz CT molecular complexity index is 592. The molecule has 4 aliphatic rings. The van der Waals surface area contributed by atoms with Gasteiger partial charge in [0.2, 0.25) is 0 Å². The van der Waals surface area contributed by atoms with E-state index in [0.717, 1.165) is 32.1 Å². The van der Waals surface area contributed by atoms with Gasteiger partial charge in [0.1, 0.15) is 0 Å². The van der Waals surface area contributed by atoms with Gasteiger partial charge in [0.25, 0.3) is 0 Å². The maximum atomic E-state index is 12.9. The fraction of sp³-hybridized carbons (Fsp3) is 0.909. The molecule has 0 aromatic carbocycles. The van der Waals surface area contributed by atoms with Gasteiger partial charge >= 0.3 is 11.9 Å². The van der Waals surface area contributed by atoms with Gasteiger partial charge in [0.05, 0.1) is 36.9 Å². The average Bonchev–Trinajstić information content (AvgIpc) is 3.54. The molecule has 2 aliphatic heterocycles. The molecule has 0 spiro atoms. The highest BCUT2D eigenvalue weighted by molar-refractivity contribution is 5.72. The second-order valence-corrected chi connectivity index (χ2v) is 9.69. The summed E-state index contributed by atoms with van der Waals surface area (Å²) in [6.45, 7) is 4.94. The second kappa shape index (κ2) is 8.31. The summed E-state index contributed by atoms with van der Waals surface area (Å²) in [5.74, 6) is 0.753. The molecule has 9 unspecified atom stereocenters. The summed E-state index contributed by atoms with van der Waals surface area (Å²) in [7, 11) is 0. The number of epoxide rings is 2. The zero-order valence-corrected chi connectivity index (χ0v) is 17.0. The first-order valence-electron chi connectivity index (χ1n) is 11.1. The Morgan fingerprint density at radius 2 is 1.54 bits per heavy atom. The van der Waals surface area contributed by atoms with Crippen molar-refractivity contribution in [2.24, 2.45) is 29.6 Å². The molecular formula is C22H34O6. The molecular weight excluding hydrogens is 360 g/mol. The third-order valence-electron chi connectivity index (χ3n) is 7.57. The van der Waals surface area contributed by atoms with E-state index in [9.17, 15) is 9.59 Å². The van der Waals surface area contributed by atoms with Crippen LogP contribution in [0.15, 0.2) is 0 Å². The third kappa shape index (κ3) is 4.88. The standard InChI is InChI=1S/C22H34O6/c1-12-6-17-19(27-17)9-15(12)8-14(4-3-5-21(23)24)22(25)26-11-16-10-20-18(28-20)7-13(16)2/h12-20H,3-11H2,1-2H3,(H,23,24). The summed E-state index contributed by atoms with van der Waals surface area (Å²) in [6, 6.07) is 0. The van der Waals surface area contributed by atoms with Crippen LogP contribution in [0, 0.1) is 29.6 Å². The third-order valence-corrected chi connectivity index (χ3v) is 7.57. The second-order valence-electron chi connectivity index (χ2n) is 9.69. The van der Waals surface area contributed by atoms with Crippen LogP contribution in [0.2, 0.25) is 0 Å². The molecule has 4 rings (SSSR count). The van der Waals surface area contributed by atoms with Crippen molar-refractivity contribution in [2.75, 3.05) is 6.61 Å². The normalized spacial score (nSPS) is 42.1. The van der Waals surface area contributed by atoms with Gasteiger partial charge in [-0.25, -0.2) is 0 Å². The Balaban J connectivity index is 1.30. The van der Waals surface area contributed by atoms with E-state index < -0.39 is 5.97 Å². The molecule has 2 heterocycles. The van der Waals surface area contributed by atoms with Crippen molar-refractivity contribution in [2.45, 2.75) is 89.6 Å². The molecule has 0 radical (unpaired) electrons. The van der Waals surface area contributed by atoms with Gasteiger partial charge in [0.15, 0.2) is 0 Å². The van der Waals surface area contributed by atoms with Crippen molar-refractivity contribution in [3.63, 3.8) is 0 Å². The highest BCUT2D eigenvalue weighted by atomic mass is 16.6. The molecule has 4 fully saturated rings. The lowest BCUT2D eigenvalue weighted by Crippen LogP contribution is -2.31. The van der Waals surface area contributed by atoms with E-state index >= 15 is 0 Å². The van der Waals surface area contributed by atoms with E-state index in [0.29, 0.717) is 67.5 Å². The lowest BCUT2D eigenvalue weighted by atomic mass is 9.75. The van der Waals surface area contributed by atoms with Crippen molar-refractivity contribution in [3.8, 4) is 0 Å². The van der Waals surface area contributed by atoms with Crippen LogP contribution < -0.4 is 0 Å². The highest BCUT2D eigenvalue weighted by Crippen LogP contribution is 2.45. The predicted molar refractivity (Wildman–Crippen MR) is 102 cm³/mol. The fourth-order valence-corrected chi connectivity index (χ4v) is 5.43. The smallest absolute Gasteiger partial charge is 0.308 e. The first-order valence-corrected chi connectivity index (χ1v) is 11.1. The van der Waals surface area contributed by atoms with E-state index in [2.05, 4.69) is 13.8 Å². The number of rotatable bonds is 9. The van der Waals surface area contributed by atoms with Crippen molar-refractivity contribution in [3.05, 3.63) is 0 Å². The van der Waals surface area contributed by atoms with Gasteiger partial charge in [-0.15, -0.1) is 0 Å². The Morgan fingerprint density at radius 3 is 2.18 bits per heavy atom. The van der Waals surface area contributed by atoms with Gasteiger partial charge in [-0.1, -0.05) is 13.8 Å². The number of carbonyl (C=O) groups excluding carboxylic acids is 1. The number of fused-ring (bicyclic) bond motifs is 2. The minimum absolute atomic E-state index is 0.109. The number of ether oxygens (including phenoxy) is 3. The van der Waals surface area contributed by atoms with E-state index in [1.165, 1.54) is 0 Å². The van der Waals surface area contributed by atoms with Crippen LogP contribution in [0.4, 0.5) is 0 Å². The molecule has 6 heteroatoms. The Hall–Kier alpha value is -1.14. The number of carboxylic acid groups (broad SMARTS) is 1. The summed E-state index contributed by atoms with van der Waals surface area (Å²) in [6.07, 6.45) is 7.80. The van der Waals surface area contributed by atoms with Crippen molar-refractivity contribution >= 4 is 11.9 Å². The fourth-order valence-electron chi connectivity index (χ4n) is 5.43. The van der Waals surface area contributed by atoms with Gasteiger partial charge in [-0.05, 0) is 68.6 Å². The molecule has 0 aromatic rings. The first-order chi connectivity index (χ1) is 13.4. The van der Waals surface area contributed by atoms with Gasteiger partial charge in [-0.2, -0.15) is 0 Å². The zero-order chi connectivity index (χ0) is 19.8. The first kappa shape index (κ1) is 20.1. The average molecular weight is 395 g/mol. The summed E-state index contributed by atoms with van der Waals surface area (Å²) in [4.78, 5) is 23.8. The number of hydrogen-bond acceptors (Lipinski definition) is 5. The van der Waals surface area contributed by atoms with Crippen LogP contribution in [0.25, 0.3) is 0 Å². The number of aliphatic carboxylic acids is 1. The van der Waals surface area contributed by atoms with Crippen molar-refractivity contribution < 1.29 is 28.9 Å². The van der Waals surface area contributed by atoms with E-state index in [4.69, 9.17) is 19.3 Å². The molecule has 0 amide bonds. The number of carboxylic acids is 1. The highest BCUT2D eigenvalue weighted by Gasteiger charge is 2.48. The van der Waals surface area contributed by atoms with Crippen LogP contribution in [0.3, 0.4) is 0 Å². The molecule has 28 heavy (non-hydrogen) atoms. The Kier molecular flexibility index (Phi) is 5.98. The van der Waals surface area contributed by atoms with Crippen LogP contribution in [0.1, 0.15) is 65.2 Å². The molecule has 0 aromatic heterocycles. The number of esters is 1. The van der Waals surface area contributed by atoms with E-state index in [1.54, 1.807) is 0 Å². The van der Waals surface area contributed by atoms with Crippen LogP contribution in [-0.4, -0.2) is 48.1 Å². The maximum absolute atomic E-state index is 12.9. The molecule has 0 bridgehead atoms. The number of carbonyl (C=O) groups is 2. The van der Waals surface area contributed by atoms with Gasteiger partial charge in [0, 0.05) is 6.42 Å². The van der Waals surface area contributed by atoms with Gasteiger partial charge in [-0.3, -0.25) is 9.59 Å². The minimum Gasteiger partial charge on any atom is -0.481 e. The quantitative estimate of drug-likeness (QED) is 0.476. The Labute approximate surface area is 167 Å². The molecule has 9 atom stereocenters. The summed E-state index contributed by atoms with van der Waals surface area (Å²) in [5, 5.41) is 8.96. The largest absolute Gasteiger partial charge is 0.481 e. The molecule has 2 aliphatic carbocycles. The summed E-state index contributed by atoms with van der Waals surface area (Å²) >= 11 is 0. The van der Waals surface area contributed by atoms with Crippen LogP contribution in [-0.2, 0) is 23.8 Å². The lowest BCUT2D eigenvalue weighted by molar-refractivity contribution is -0.152. The molecule has 2 saturated carbocycles. The van der Waals surface area contributed by atoms with E-state index in [-0.39, 0.29) is 18.3 Å². The molecule has 2 saturated heterocycles. The molecule has 1 N–H and O–H groups in total.